The minimum atomic E-state index is 1.17. The fourth-order valence-electron chi connectivity index (χ4n) is 6.34. The minimum Gasteiger partial charge on any atom is -0.309 e. The third-order valence-electron chi connectivity index (χ3n) is 7.97. The SMILES string of the molecule is c1ccc(-c2c3ccccc3c(-c3ccccc3)c3cc(-n4c5ccccc5c5ccccc54)ccc23)cc1. The molecule has 0 aliphatic rings. The summed E-state index contributed by atoms with van der Waals surface area (Å²) in [6.07, 6.45) is 0. The van der Waals surface area contributed by atoms with Gasteiger partial charge in [0.05, 0.1) is 11.0 Å². The average molecular weight is 496 g/mol. The molecule has 0 amide bonds. The van der Waals surface area contributed by atoms with Crippen LogP contribution in [0.3, 0.4) is 0 Å². The van der Waals surface area contributed by atoms with E-state index in [-0.39, 0.29) is 0 Å². The first kappa shape index (κ1) is 21.9. The highest BCUT2D eigenvalue weighted by molar-refractivity contribution is 6.22. The van der Waals surface area contributed by atoms with Crippen molar-refractivity contribution in [2.75, 3.05) is 0 Å². The molecule has 0 saturated heterocycles. The van der Waals surface area contributed by atoms with Crippen LogP contribution in [-0.2, 0) is 0 Å². The predicted molar refractivity (Wildman–Crippen MR) is 167 cm³/mol. The summed E-state index contributed by atoms with van der Waals surface area (Å²) in [5.41, 5.74) is 8.66. The molecule has 0 N–H and O–H groups in total. The second-order valence-electron chi connectivity index (χ2n) is 10.1. The minimum absolute atomic E-state index is 1.17. The van der Waals surface area contributed by atoms with E-state index in [1.54, 1.807) is 0 Å². The van der Waals surface area contributed by atoms with Gasteiger partial charge in [0.1, 0.15) is 0 Å². The zero-order valence-electron chi connectivity index (χ0n) is 21.4. The van der Waals surface area contributed by atoms with Gasteiger partial charge >= 0.3 is 0 Å². The van der Waals surface area contributed by atoms with Crippen LogP contribution in [-0.4, -0.2) is 4.57 Å². The summed E-state index contributed by atoms with van der Waals surface area (Å²) >= 11 is 0. The Hall–Kier alpha value is -5.14. The molecule has 0 saturated carbocycles. The number of benzene rings is 7. The lowest BCUT2D eigenvalue weighted by Crippen LogP contribution is -1.96. The van der Waals surface area contributed by atoms with E-state index in [0.29, 0.717) is 0 Å². The highest BCUT2D eigenvalue weighted by Gasteiger charge is 2.18. The van der Waals surface area contributed by atoms with Crippen molar-refractivity contribution < 1.29 is 0 Å². The van der Waals surface area contributed by atoms with Crippen molar-refractivity contribution in [3.05, 3.63) is 152 Å². The van der Waals surface area contributed by atoms with Crippen molar-refractivity contribution >= 4 is 43.4 Å². The third kappa shape index (κ3) is 3.34. The number of rotatable bonds is 3. The van der Waals surface area contributed by atoms with E-state index in [2.05, 4.69) is 156 Å². The van der Waals surface area contributed by atoms with Crippen LogP contribution in [0.25, 0.3) is 71.3 Å². The Morgan fingerprint density at radius 2 is 0.718 bits per heavy atom. The monoisotopic (exact) mass is 495 g/mol. The molecule has 1 heteroatoms. The van der Waals surface area contributed by atoms with E-state index in [1.807, 2.05) is 0 Å². The number of aromatic nitrogens is 1. The van der Waals surface area contributed by atoms with Crippen molar-refractivity contribution in [1.29, 1.82) is 0 Å². The van der Waals surface area contributed by atoms with E-state index >= 15 is 0 Å². The van der Waals surface area contributed by atoms with Gasteiger partial charge < -0.3 is 4.57 Å². The van der Waals surface area contributed by atoms with E-state index in [1.165, 1.54) is 71.3 Å². The Morgan fingerprint density at radius 3 is 1.26 bits per heavy atom. The highest BCUT2D eigenvalue weighted by Crippen LogP contribution is 2.44. The van der Waals surface area contributed by atoms with Gasteiger partial charge in [-0.05, 0) is 68.1 Å². The summed E-state index contributed by atoms with van der Waals surface area (Å²) in [5, 5.41) is 7.63. The molecule has 0 atom stereocenters. The Morgan fingerprint density at radius 1 is 0.308 bits per heavy atom. The number of hydrogen-bond acceptors (Lipinski definition) is 0. The summed E-state index contributed by atoms with van der Waals surface area (Å²) in [4.78, 5) is 0. The van der Waals surface area contributed by atoms with Gasteiger partial charge in [-0.3, -0.25) is 0 Å². The number of para-hydroxylation sites is 2. The second-order valence-corrected chi connectivity index (χ2v) is 10.1. The first-order chi connectivity index (χ1) is 19.4. The summed E-state index contributed by atoms with van der Waals surface area (Å²) in [5.74, 6) is 0. The lowest BCUT2D eigenvalue weighted by atomic mass is 9.86. The van der Waals surface area contributed by atoms with Crippen LogP contribution in [0.4, 0.5) is 0 Å². The van der Waals surface area contributed by atoms with Gasteiger partial charge in [-0.15, -0.1) is 0 Å². The van der Waals surface area contributed by atoms with Crippen LogP contribution >= 0.6 is 0 Å². The first-order valence-corrected chi connectivity index (χ1v) is 13.5. The third-order valence-corrected chi connectivity index (χ3v) is 7.97. The molecule has 0 radical (unpaired) electrons. The lowest BCUT2D eigenvalue weighted by Gasteiger charge is -2.19. The molecule has 1 aromatic heterocycles. The van der Waals surface area contributed by atoms with E-state index < -0.39 is 0 Å². The van der Waals surface area contributed by atoms with Crippen molar-refractivity contribution in [2.45, 2.75) is 0 Å². The topological polar surface area (TPSA) is 4.93 Å². The molecule has 1 nitrogen and oxygen atoms in total. The average Bonchev–Trinajstić information content (AvgIpc) is 3.35. The zero-order valence-corrected chi connectivity index (χ0v) is 21.4. The molecule has 0 spiro atoms. The summed E-state index contributed by atoms with van der Waals surface area (Å²) in [7, 11) is 0. The molecule has 1 heterocycles. The Labute approximate surface area is 227 Å². The Kier molecular flexibility index (Phi) is 4.89. The fourth-order valence-corrected chi connectivity index (χ4v) is 6.34. The van der Waals surface area contributed by atoms with Crippen molar-refractivity contribution in [3.63, 3.8) is 0 Å². The fraction of sp³-hybridized carbons (Fsp3) is 0. The maximum absolute atomic E-state index is 2.41. The van der Waals surface area contributed by atoms with Crippen molar-refractivity contribution in [2.24, 2.45) is 0 Å². The number of fused-ring (bicyclic) bond motifs is 5. The molecule has 7 aromatic carbocycles. The van der Waals surface area contributed by atoms with Crippen LogP contribution in [0.5, 0.6) is 0 Å². The normalized spacial score (nSPS) is 11.6. The van der Waals surface area contributed by atoms with Crippen LogP contribution in [0.2, 0.25) is 0 Å². The molecule has 0 aliphatic heterocycles. The standard InChI is InChI=1S/C38H25N/c1-3-13-26(14-4-1)37-31-19-7-8-20-32(31)38(27-15-5-2-6-16-27)34-25-28(23-24-33(34)37)39-35-21-11-9-17-29(35)30-18-10-12-22-36(30)39/h1-25H. The molecule has 0 fully saturated rings. The van der Waals surface area contributed by atoms with Crippen LogP contribution in [0.1, 0.15) is 0 Å². The summed E-state index contributed by atoms with van der Waals surface area (Å²) < 4.78 is 2.41. The predicted octanol–water partition coefficient (Wildman–Crippen LogP) is 10.4. The van der Waals surface area contributed by atoms with E-state index in [9.17, 15) is 0 Å². The first-order valence-electron chi connectivity index (χ1n) is 13.5. The van der Waals surface area contributed by atoms with Crippen LogP contribution in [0, 0.1) is 0 Å². The largest absolute Gasteiger partial charge is 0.309 e. The molecule has 182 valence electrons. The number of nitrogens with zero attached hydrogens (tertiary/aromatic N) is 1. The van der Waals surface area contributed by atoms with Crippen molar-refractivity contribution in [1.82, 2.24) is 4.57 Å². The zero-order chi connectivity index (χ0) is 25.8. The summed E-state index contributed by atoms with van der Waals surface area (Å²) in [6, 6.07) is 55.0. The van der Waals surface area contributed by atoms with E-state index in [0.717, 1.165) is 0 Å². The maximum atomic E-state index is 2.41. The van der Waals surface area contributed by atoms with Crippen LogP contribution < -0.4 is 0 Å². The van der Waals surface area contributed by atoms with Crippen LogP contribution in [0.15, 0.2) is 152 Å². The van der Waals surface area contributed by atoms with Gasteiger partial charge in [0.15, 0.2) is 0 Å². The van der Waals surface area contributed by atoms with Gasteiger partial charge in [0.25, 0.3) is 0 Å². The quantitative estimate of drug-likeness (QED) is 0.215. The molecule has 0 aliphatic carbocycles. The molecule has 8 aromatic rings. The Balaban J connectivity index is 1.55. The Bertz CT molecular complexity index is 2100. The van der Waals surface area contributed by atoms with E-state index in [4.69, 9.17) is 0 Å². The second kappa shape index (κ2) is 8.72. The molecule has 0 bridgehead atoms. The smallest absolute Gasteiger partial charge is 0.0541 e. The van der Waals surface area contributed by atoms with Gasteiger partial charge in [0, 0.05) is 16.5 Å². The molecule has 8 rings (SSSR count). The highest BCUT2D eigenvalue weighted by atomic mass is 15.0. The van der Waals surface area contributed by atoms with Gasteiger partial charge in [-0.25, -0.2) is 0 Å². The molecular formula is C38H25N. The maximum Gasteiger partial charge on any atom is 0.0541 e. The number of hydrogen-bond donors (Lipinski definition) is 0. The molecular weight excluding hydrogens is 470 g/mol. The van der Waals surface area contributed by atoms with Crippen molar-refractivity contribution in [3.8, 4) is 27.9 Å². The van der Waals surface area contributed by atoms with Gasteiger partial charge in [-0.2, -0.15) is 0 Å². The lowest BCUT2D eigenvalue weighted by molar-refractivity contribution is 1.19. The molecule has 39 heavy (non-hydrogen) atoms. The molecule has 0 unspecified atom stereocenters. The van der Waals surface area contributed by atoms with Gasteiger partial charge in [0.2, 0.25) is 0 Å². The summed E-state index contributed by atoms with van der Waals surface area (Å²) in [6.45, 7) is 0. The van der Waals surface area contributed by atoms with Gasteiger partial charge in [-0.1, -0.05) is 127 Å².